The lowest BCUT2D eigenvalue weighted by atomic mass is 10.1. The van der Waals surface area contributed by atoms with Crippen molar-refractivity contribution in [3.05, 3.63) is 82.4 Å². The van der Waals surface area contributed by atoms with E-state index in [0.717, 1.165) is 55.6 Å². The number of alkyl halides is 3. The maximum absolute atomic E-state index is 13.1. The van der Waals surface area contributed by atoms with Gasteiger partial charge in [-0.3, -0.25) is 9.52 Å². The van der Waals surface area contributed by atoms with Gasteiger partial charge in [0.2, 0.25) is 0 Å². The lowest BCUT2D eigenvalue weighted by Crippen LogP contribution is -2.44. The zero-order valence-electron chi connectivity index (χ0n) is 20.6. The molecule has 3 aromatic rings. The van der Waals surface area contributed by atoms with E-state index in [1.807, 2.05) is 19.1 Å². The van der Waals surface area contributed by atoms with Crippen molar-refractivity contribution in [3.63, 3.8) is 0 Å². The summed E-state index contributed by atoms with van der Waals surface area (Å²) in [6.07, 6.45) is -4.68. The summed E-state index contributed by atoms with van der Waals surface area (Å²) >= 11 is 5.93. The Labute approximate surface area is 224 Å². The van der Waals surface area contributed by atoms with Crippen LogP contribution in [0.4, 0.5) is 30.2 Å². The number of carbonyl (C=O) groups is 1. The molecule has 0 spiro atoms. The smallest absolute Gasteiger partial charge is 0.369 e. The molecule has 38 heavy (non-hydrogen) atoms. The highest BCUT2D eigenvalue weighted by Crippen LogP contribution is 2.34. The Bertz CT molecular complexity index is 1460. The standard InChI is InChI=1S/C26H26ClF3N4O3S/c1-17-14-20(34-12-10-33(2)11-13-34)7-9-23(17)31-25(35)18-4-3-5-21(15-18)38(36,37)32-24-16-19(26(28,29)30)6-8-22(24)27/h3-9,14-16,32H,10-13H2,1-2H3,(H,31,35). The minimum absolute atomic E-state index is 0.0607. The second kappa shape index (κ2) is 10.8. The van der Waals surface area contributed by atoms with E-state index in [9.17, 15) is 26.4 Å². The number of rotatable bonds is 6. The fraction of sp³-hybridized carbons (Fsp3) is 0.269. The molecule has 1 saturated heterocycles. The highest BCUT2D eigenvalue weighted by atomic mass is 35.5. The third-order valence-electron chi connectivity index (χ3n) is 6.27. The van der Waals surface area contributed by atoms with Gasteiger partial charge in [-0.15, -0.1) is 0 Å². The first-order chi connectivity index (χ1) is 17.8. The molecule has 1 aliphatic rings. The molecule has 0 unspecified atom stereocenters. The van der Waals surface area contributed by atoms with Crippen molar-refractivity contribution in [2.24, 2.45) is 0 Å². The van der Waals surface area contributed by atoms with E-state index in [0.29, 0.717) is 11.8 Å². The largest absolute Gasteiger partial charge is 0.416 e. The van der Waals surface area contributed by atoms with Gasteiger partial charge < -0.3 is 15.1 Å². The van der Waals surface area contributed by atoms with Crippen LogP contribution in [0.15, 0.2) is 65.6 Å². The van der Waals surface area contributed by atoms with E-state index < -0.39 is 33.4 Å². The molecule has 0 saturated carbocycles. The Kier molecular flexibility index (Phi) is 7.91. The van der Waals surface area contributed by atoms with Crippen LogP contribution in [-0.4, -0.2) is 52.5 Å². The third-order valence-corrected chi connectivity index (χ3v) is 7.96. The van der Waals surface area contributed by atoms with Crippen molar-refractivity contribution in [1.29, 1.82) is 0 Å². The number of hydrogen-bond acceptors (Lipinski definition) is 5. The monoisotopic (exact) mass is 566 g/mol. The lowest BCUT2D eigenvalue weighted by Gasteiger charge is -2.34. The molecule has 0 atom stereocenters. The molecule has 1 amide bonds. The summed E-state index contributed by atoms with van der Waals surface area (Å²) in [5.74, 6) is -0.533. The number of nitrogens with zero attached hydrogens (tertiary/aromatic N) is 2. The second-order valence-corrected chi connectivity index (χ2v) is 11.2. The predicted molar refractivity (Wildman–Crippen MR) is 143 cm³/mol. The summed E-state index contributed by atoms with van der Waals surface area (Å²) < 4.78 is 67.1. The summed E-state index contributed by atoms with van der Waals surface area (Å²) in [6.45, 7) is 5.61. The average Bonchev–Trinajstić information content (AvgIpc) is 2.86. The zero-order valence-corrected chi connectivity index (χ0v) is 22.2. The number of piperazine rings is 1. The maximum atomic E-state index is 13.1. The van der Waals surface area contributed by atoms with Gasteiger partial charge in [-0.05, 0) is 74.1 Å². The number of amides is 1. The van der Waals surface area contributed by atoms with E-state index in [1.165, 1.54) is 18.2 Å². The van der Waals surface area contributed by atoms with Crippen LogP contribution < -0.4 is 14.9 Å². The van der Waals surface area contributed by atoms with Crippen molar-refractivity contribution in [3.8, 4) is 0 Å². The Balaban J connectivity index is 1.50. The number of benzene rings is 3. The van der Waals surface area contributed by atoms with E-state index in [4.69, 9.17) is 11.6 Å². The van der Waals surface area contributed by atoms with E-state index >= 15 is 0 Å². The molecule has 12 heteroatoms. The fourth-order valence-corrected chi connectivity index (χ4v) is 5.37. The highest BCUT2D eigenvalue weighted by Gasteiger charge is 2.31. The maximum Gasteiger partial charge on any atom is 0.416 e. The molecule has 1 heterocycles. The Morgan fingerprint density at radius 3 is 2.32 bits per heavy atom. The summed E-state index contributed by atoms with van der Waals surface area (Å²) in [5.41, 5.74) is 1.06. The second-order valence-electron chi connectivity index (χ2n) is 9.07. The van der Waals surface area contributed by atoms with Crippen molar-refractivity contribution < 1.29 is 26.4 Å². The summed E-state index contributed by atoms with van der Waals surface area (Å²) in [7, 11) is -2.27. The fourth-order valence-electron chi connectivity index (χ4n) is 4.03. The molecule has 1 fully saturated rings. The first kappa shape index (κ1) is 27.7. The van der Waals surface area contributed by atoms with Gasteiger partial charge in [-0.25, -0.2) is 8.42 Å². The van der Waals surface area contributed by atoms with Gasteiger partial charge in [-0.1, -0.05) is 17.7 Å². The van der Waals surface area contributed by atoms with Crippen molar-refractivity contribution in [2.45, 2.75) is 18.0 Å². The molecule has 0 aromatic heterocycles. The van der Waals surface area contributed by atoms with Crippen molar-refractivity contribution >= 4 is 44.6 Å². The molecule has 4 rings (SSSR count). The number of sulfonamides is 1. The molecule has 0 bridgehead atoms. The quantitative estimate of drug-likeness (QED) is 0.413. The Morgan fingerprint density at radius 2 is 1.66 bits per heavy atom. The Morgan fingerprint density at radius 1 is 0.947 bits per heavy atom. The molecular formula is C26H26ClF3N4O3S. The topological polar surface area (TPSA) is 81.8 Å². The van der Waals surface area contributed by atoms with Gasteiger partial charge in [0.25, 0.3) is 15.9 Å². The predicted octanol–water partition coefficient (Wildman–Crippen LogP) is 5.47. The van der Waals surface area contributed by atoms with Crippen LogP contribution in [-0.2, 0) is 16.2 Å². The molecule has 1 aliphatic heterocycles. The normalized spacial score (nSPS) is 14.8. The van der Waals surface area contributed by atoms with Gasteiger partial charge >= 0.3 is 6.18 Å². The number of hydrogen-bond donors (Lipinski definition) is 2. The summed E-state index contributed by atoms with van der Waals surface area (Å²) in [4.78, 5) is 17.2. The summed E-state index contributed by atoms with van der Waals surface area (Å²) in [6, 6.07) is 13.3. The van der Waals surface area contributed by atoms with Gasteiger partial charge in [0.15, 0.2) is 0 Å². The minimum atomic E-state index is -4.68. The molecule has 2 N–H and O–H groups in total. The number of carbonyl (C=O) groups excluding carboxylic acids is 1. The minimum Gasteiger partial charge on any atom is -0.369 e. The van der Waals surface area contributed by atoms with Gasteiger partial charge in [0.05, 0.1) is 21.2 Å². The van der Waals surface area contributed by atoms with Crippen LogP contribution in [0.2, 0.25) is 5.02 Å². The molecule has 0 radical (unpaired) electrons. The summed E-state index contributed by atoms with van der Waals surface area (Å²) in [5, 5.41) is 2.60. The van der Waals surface area contributed by atoms with Crippen LogP contribution in [0.25, 0.3) is 0 Å². The number of halogens is 4. The number of likely N-dealkylation sites (N-methyl/N-ethyl adjacent to an activating group) is 1. The third kappa shape index (κ3) is 6.40. The number of anilines is 3. The highest BCUT2D eigenvalue weighted by molar-refractivity contribution is 7.92. The molecule has 7 nitrogen and oxygen atoms in total. The lowest BCUT2D eigenvalue weighted by molar-refractivity contribution is -0.137. The van der Waals surface area contributed by atoms with Crippen LogP contribution in [0, 0.1) is 6.92 Å². The zero-order chi connectivity index (χ0) is 27.7. The van der Waals surface area contributed by atoms with Gasteiger partial charge in [-0.2, -0.15) is 13.2 Å². The van der Waals surface area contributed by atoms with Crippen LogP contribution in [0.5, 0.6) is 0 Å². The average molecular weight is 567 g/mol. The number of nitrogens with one attached hydrogen (secondary N) is 2. The molecular weight excluding hydrogens is 541 g/mol. The molecule has 0 aliphatic carbocycles. The van der Waals surface area contributed by atoms with Gasteiger partial charge in [0.1, 0.15) is 0 Å². The van der Waals surface area contributed by atoms with E-state index in [1.54, 1.807) is 6.07 Å². The van der Waals surface area contributed by atoms with Crippen molar-refractivity contribution in [1.82, 2.24) is 4.90 Å². The van der Waals surface area contributed by atoms with Crippen molar-refractivity contribution in [2.75, 3.05) is 48.2 Å². The number of aryl methyl sites for hydroxylation is 1. The Hall–Kier alpha value is -3.28. The van der Waals surface area contributed by atoms with E-state index in [2.05, 4.69) is 26.9 Å². The molecule has 3 aromatic carbocycles. The first-order valence-corrected chi connectivity index (χ1v) is 13.5. The van der Waals surface area contributed by atoms with E-state index in [-0.39, 0.29) is 15.5 Å². The van der Waals surface area contributed by atoms with Crippen LogP contribution in [0.3, 0.4) is 0 Å². The van der Waals surface area contributed by atoms with Gasteiger partial charge in [0, 0.05) is 43.1 Å². The molecule has 202 valence electrons. The van der Waals surface area contributed by atoms with Crippen LogP contribution >= 0.6 is 11.6 Å². The first-order valence-electron chi connectivity index (χ1n) is 11.7. The SMILES string of the molecule is Cc1cc(N2CCN(C)CC2)ccc1NC(=O)c1cccc(S(=O)(=O)Nc2cc(C(F)(F)F)ccc2Cl)c1. The van der Waals surface area contributed by atoms with Crippen LogP contribution in [0.1, 0.15) is 21.5 Å².